The van der Waals surface area contributed by atoms with Gasteiger partial charge in [-0.25, -0.2) is 8.78 Å². The molecule has 0 fully saturated rings. The van der Waals surface area contributed by atoms with Crippen LogP contribution in [0.15, 0.2) is 12.3 Å². The van der Waals surface area contributed by atoms with Gasteiger partial charge in [0.15, 0.2) is 6.61 Å². The van der Waals surface area contributed by atoms with Gasteiger partial charge in [-0.3, -0.25) is 4.98 Å². The zero-order chi connectivity index (χ0) is 13.1. The summed E-state index contributed by atoms with van der Waals surface area (Å²) in [7, 11) is 0. The summed E-state index contributed by atoms with van der Waals surface area (Å²) in [4.78, 5) is 3.82. The Kier molecular flexibility index (Phi) is 6.34. The third kappa shape index (κ3) is 4.30. The van der Waals surface area contributed by atoms with Crippen molar-refractivity contribution in [2.75, 3.05) is 6.61 Å². The summed E-state index contributed by atoms with van der Waals surface area (Å²) in [6, 6.07) is 1.55. The van der Waals surface area contributed by atoms with E-state index in [4.69, 9.17) is 5.73 Å². The predicted molar refractivity (Wildman–Crippen MR) is 60.6 cm³/mol. The molecule has 0 atom stereocenters. The van der Waals surface area contributed by atoms with Crippen LogP contribution in [0.5, 0.6) is 5.75 Å². The topological polar surface area (TPSA) is 48.1 Å². The van der Waals surface area contributed by atoms with E-state index in [-0.39, 0.29) is 24.7 Å². The van der Waals surface area contributed by atoms with Crippen molar-refractivity contribution >= 4 is 12.4 Å². The molecule has 0 radical (unpaired) electrons. The Morgan fingerprint density at radius 2 is 2.06 bits per heavy atom. The monoisotopic (exact) mass is 288 g/mol. The molecule has 18 heavy (non-hydrogen) atoms. The fraction of sp³-hybridized carbons (Fsp3) is 0.500. The van der Waals surface area contributed by atoms with E-state index in [0.717, 1.165) is 0 Å². The molecule has 104 valence electrons. The standard InChI is InChI=1S/C10H12F4N2O.ClH/c1-6-2-7(3-15)16-4-8(6)17-5-10(13,14)9(11)12;/h2,4,9H,3,5,15H2,1H3;1H. The smallest absolute Gasteiger partial charge is 0.340 e. The molecule has 0 aliphatic heterocycles. The number of hydrogen-bond acceptors (Lipinski definition) is 3. The lowest BCUT2D eigenvalue weighted by Gasteiger charge is -2.16. The van der Waals surface area contributed by atoms with E-state index in [1.165, 1.54) is 6.20 Å². The van der Waals surface area contributed by atoms with Crippen molar-refractivity contribution < 1.29 is 22.3 Å². The molecule has 0 amide bonds. The van der Waals surface area contributed by atoms with E-state index in [1.54, 1.807) is 13.0 Å². The molecule has 1 heterocycles. The molecular formula is C10H13ClF4N2O. The molecule has 0 bridgehead atoms. The van der Waals surface area contributed by atoms with Gasteiger partial charge < -0.3 is 10.5 Å². The highest BCUT2D eigenvalue weighted by atomic mass is 35.5. The first-order valence-corrected chi connectivity index (χ1v) is 4.81. The lowest BCUT2D eigenvalue weighted by atomic mass is 10.2. The molecule has 3 nitrogen and oxygen atoms in total. The molecule has 0 saturated heterocycles. The quantitative estimate of drug-likeness (QED) is 0.847. The van der Waals surface area contributed by atoms with Gasteiger partial charge in [-0.15, -0.1) is 12.4 Å². The Morgan fingerprint density at radius 1 is 1.44 bits per heavy atom. The average molecular weight is 289 g/mol. The highest BCUT2D eigenvalue weighted by Gasteiger charge is 2.41. The fourth-order valence-corrected chi connectivity index (χ4v) is 1.10. The van der Waals surface area contributed by atoms with Crippen molar-refractivity contribution in [1.82, 2.24) is 4.98 Å². The number of aryl methyl sites for hydroxylation is 1. The third-order valence-electron chi connectivity index (χ3n) is 2.07. The lowest BCUT2D eigenvalue weighted by Crippen LogP contribution is -2.33. The van der Waals surface area contributed by atoms with Crippen LogP contribution in [0.4, 0.5) is 17.6 Å². The highest BCUT2D eigenvalue weighted by Crippen LogP contribution is 2.25. The molecule has 0 saturated carbocycles. The van der Waals surface area contributed by atoms with Crippen molar-refractivity contribution in [3.05, 3.63) is 23.5 Å². The van der Waals surface area contributed by atoms with Crippen molar-refractivity contribution in [2.24, 2.45) is 5.73 Å². The summed E-state index contributed by atoms with van der Waals surface area (Å²) in [6.45, 7) is 0.417. The zero-order valence-corrected chi connectivity index (χ0v) is 10.3. The minimum absolute atomic E-state index is 0. The minimum Gasteiger partial charge on any atom is -0.485 e. The molecule has 0 aliphatic carbocycles. The minimum atomic E-state index is -4.17. The van der Waals surface area contributed by atoms with Gasteiger partial charge in [-0.1, -0.05) is 0 Å². The van der Waals surface area contributed by atoms with Crippen LogP contribution in [0.1, 0.15) is 11.3 Å². The van der Waals surface area contributed by atoms with Gasteiger partial charge in [0, 0.05) is 6.54 Å². The number of hydrogen-bond donors (Lipinski definition) is 1. The van der Waals surface area contributed by atoms with E-state index in [2.05, 4.69) is 9.72 Å². The first-order valence-electron chi connectivity index (χ1n) is 4.81. The van der Waals surface area contributed by atoms with Crippen LogP contribution in [0.2, 0.25) is 0 Å². The summed E-state index contributed by atoms with van der Waals surface area (Å²) in [6.07, 6.45) is -2.56. The van der Waals surface area contributed by atoms with Crippen molar-refractivity contribution in [3.63, 3.8) is 0 Å². The molecular weight excluding hydrogens is 276 g/mol. The van der Waals surface area contributed by atoms with Crippen LogP contribution in [-0.2, 0) is 6.54 Å². The fourth-order valence-electron chi connectivity index (χ4n) is 1.10. The first kappa shape index (κ1) is 16.9. The van der Waals surface area contributed by atoms with Crippen LogP contribution in [0.25, 0.3) is 0 Å². The maximum atomic E-state index is 12.6. The molecule has 1 aromatic heterocycles. The molecule has 0 aliphatic rings. The SMILES string of the molecule is Cc1cc(CN)ncc1OCC(F)(F)C(F)F.Cl. The van der Waals surface area contributed by atoms with E-state index in [9.17, 15) is 17.6 Å². The third-order valence-corrected chi connectivity index (χ3v) is 2.07. The summed E-state index contributed by atoms with van der Waals surface area (Å²) >= 11 is 0. The predicted octanol–water partition coefficient (Wildman–Crippen LogP) is 2.55. The van der Waals surface area contributed by atoms with Gasteiger partial charge in [0.1, 0.15) is 5.75 Å². The van der Waals surface area contributed by atoms with Gasteiger partial charge in [0.05, 0.1) is 11.9 Å². The molecule has 1 aromatic rings. The number of nitrogens with zero attached hydrogens (tertiary/aromatic N) is 1. The number of nitrogens with two attached hydrogens (primary N) is 1. The Hall–Kier alpha value is -1.08. The summed E-state index contributed by atoms with van der Waals surface area (Å²) < 4.78 is 53.6. The summed E-state index contributed by atoms with van der Waals surface area (Å²) in [5.41, 5.74) is 6.41. The number of pyridine rings is 1. The second-order valence-corrected chi connectivity index (χ2v) is 3.50. The van der Waals surface area contributed by atoms with Crippen LogP contribution in [0, 0.1) is 6.92 Å². The van der Waals surface area contributed by atoms with Crippen molar-refractivity contribution in [2.45, 2.75) is 25.8 Å². The Balaban J connectivity index is 0.00000289. The van der Waals surface area contributed by atoms with Crippen molar-refractivity contribution in [1.29, 1.82) is 0 Å². The largest absolute Gasteiger partial charge is 0.485 e. The molecule has 0 unspecified atom stereocenters. The number of rotatable bonds is 5. The second-order valence-electron chi connectivity index (χ2n) is 3.50. The van der Waals surface area contributed by atoms with Gasteiger partial charge in [-0.2, -0.15) is 8.78 Å². The van der Waals surface area contributed by atoms with Crippen molar-refractivity contribution in [3.8, 4) is 5.75 Å². The molecule has 0 spiro atoms. The van der Waals surface area contributed by atoms with Crippen LogP contribution in [-0.4, -0.2) is 23.9 Å². The second kappa shape index (κ2) is 6.75. The maximum absolute atomic E-state index is 12.6. The van der Waals surface area contributed by atoms with Crippen LogP contribution >= 0.6 is 12.4 Å². The number of ether oxygens (including phenoxy) is 1. The Morgan fingerprint density at radius 3 is 2.50 bits per heavy atom. The van der Waals surface area contributed by atoms with E-state index < -0.39 is 19.0 Å². The van der Waals surface area contributed by atoms with E-state index in [1.807, 2.05) is 0 Å². The van der Waals surface area contributed by atoms with E-state index >= 15 is 0 Å². The van der Waals surface area contributed by atoms with Gasteiger partial charge in [0.25, 0.3) is 0 Å². The average Bonchev–Trinajstić information content (AvgIpc) is 2.27. The Bertz CT molecular complexity index is 390. The molecule has 8 heteroatoms. The van der Waals surface area contributed by atoms with Gasteiger partial charge in [-0.05, 0) is 18.6 Å². The van der Waals surface area contributed by atoms with Crippen LogP contribution < -0.4 is 10.5 Å². The molecule has 1 rings (SSSR count). The molecule has 2 N–H and O–H groups in total. The number of halogens is 5. The normalized spacial score (nSPS) is 11.3. The summed E-state index contributed by atoms with van der Waals surface area (Å²) in [5, 5.41) is 0. The molecule has 0 aromatic carbocycles. The maximum Gasteiger partial charge on any atom is 0.340 e. The highest BCUT2D eigenvalue weighted by molar-refractivity contribution is 5.85. The Labute approximate surface area is 108 Å². The number of alkyl halides is 4. The zero-order valence-electron chi connectivity index (χ0n) is 9.50. The van der Waals surface area contributed by atoms with Gasteiger partial charge in [0.2, 0.25) is 0 Å². The summed E-state index contributed by atoms with van der Waals surface area (Å²) in [5.74, 6) is -4.12. The lowest BCUT2D eigenvalue weighted by molar-refractivity contribution is -0.148. The van der Waals surface area contributed by atoms with Crippen LogP contribution in [0.3, 0.4) is 0 Å². The van der Waals surface area contributed by atoms with E-state index in [0.29, 0.717) is 11.3 Å². The number of aromatic nitrogens is 1. The van der Waals surface area contributed by atoms with Gasteiger partial charge >= 0.3 is 12.3 Å². The first-order chi connectivity index (χ1) is 7.86.